The van der Waals surface area contributed by atoms with Gasteiger partial charge in [0.15, 0.2) is 0 Å². The molecule has 0 saturated carbocycles. The molecular weight excluding hydrogens is 222 g/mol. The number of hydrogen-bond donors (Lipinski definition) is 1. The second-order valence-corrected chi connectivity index (χ2v) is 4.65. The van der Waals surface area contributed by atoms with Crippen molar-refractivity contribution in [2.75, 3.05) is 0 Å². The summed E-state index contributed by atoms with van der Waals surface area (Å²) in [5.41, 5.74) is 1.25. The molecule has 0 bridgehead atoms. The normalized spacial score (nSPS) is 16.9. The first-order valence-corrected chi connectivity index (χ1v) is 5.60. The van der Waals surface area contributed by atoms with Gasteiger partial charge in [-0.3, -0.25) is 0 Å². The van der Waals surface area contributed by atoms with Crippen molar-refractivity contribution in [3.05, 3.63) is 60.4 Å². The van der Waals surface area contributed by atoms with Crippen molar-refractivity contribution in [2.45, 2.75) is 6.54 Å². The molecule has 76 valence electrons. The number of thiocarbonyl (C=S) groups is 1. The zero-order valence-electron chi connectivity index (χ0n) is 8.21. The van der Waals surface area contributed by atoms with E-state index in [9.17, 15) is 0 Å². The molecule has 0 aromatic heterocycles. The van der Waals surface area contributed by atoms with Crippen molar-refractivity contribution in [3.8, 4) is 0 Å². The van der Waals surface area contributed by atoms with E-state index >= 15 is 0 Å². The van der Waals surface area contributed by atoms with Crippen LogP contribution in [0.5, 0.6) is 0 Å². The number of nitrogens with zero attached hydrogens (tertiary/aromatic N) is 1. The molecule has 0 spiro atoms. The summed E-state index contributed by atoms with van der Waals surface area (Å²) in [4.78, 5) is 0. The second-order valence-electron chi connectivity index (χ2n) is 3.54. The van der Waals surface area contributed by atoms with Crippen molar-refractivity contribution in [1.29, 1.82) is 0 Å². The Morgan fingerprint density at radius 2 is 1.73 bits per heavy atom. The van der Waals surface area contributed by atoms with Crippen molar-refractivity contribution in [1.82, 2.24) is 0 Å². The molecule has 0 unspecified atom stereocenters. The molecule has 0 amide bonds. The first-order valence-electron chi connectivity index (χ1n) is 4.75. The summed E-state index contributed by atoms with van der Waals surface area (Å²) in [6, 6.07) is 10.3. The summed E-state index contributed by atoms with van der Waals surface area (Å²) in [6.45, 7) is 0.830. The smallest absolute Gasteiger partial charge is 0.220 e. The maximum absolute atomic E-state index is 5.20. The first-order chi connectivity index (χ1) is 7.23. The minimum absolute atomic E-state index is 0.530. The molecule has 15 heavy (non-hydrogen) atoms. The lowest BCUT2D eigenvalue weighted by atomic mass is 10.2. The molecule has 0 aliphatic carbocycles. The number of quaternary nitrogens is 1. The fraction of sp³-hybridized carbons (Fsp3) is 0.0833. The zero-order valence-corrected chi connectivity index (χ0v) is 9.92. The fourth-order valence-electron chi connectivity index (χ4n) is 1.64. The topological polar surface area (TPSA) is 0 Å². The third kappa shape index (κ3) is 2.20. The van der Waals surface area contributed by atoms with Gasteiger partial charge in [0, 0.05) is 5.56 Å². The number of benzene rings is 1. The lowest BCUT2D eigenvalue weighted by molar-refractivity contribution is -0.737. The van der Waals surface area contributed by atoms with Crippen LogP contribution in [0, 0.1) is 0 Å². The van der Waals surface area contributed by atoms with Crippen molar-refractivity contribution in [2.24, 2.45) is 0 Å². The van der Waals surface area contributed by atoms with Gasteiger partial charge in [-0.1, -0.05) is 43.0 Å². The van der Waals surface area contributed by atoms with Crippen LogP contribution >= 0.6 is 24.8 Å². The summed E-state index contributed by atoms with van der Waals surface area (Å²) in [5.74, 6) is 0. The molecule has 2 rings (SSSR count). The average molecular weight is 234 g/mol. The molecule has 0 saturated heterocycles. The van der Waals surface area contributed by atoms with Crippen LogP contribution in [0.15, 0.2) is 54.9 Å². The maximum atomic E-state index is 5.20. The van der Waals surface area contributed by atoms with E-state index in [1.54, 1.807) is 0 Å². The van der Waals surface area contributed by atoms with Gasteiger partial charge in [0.25, 0.3) is 0 Å². The zero-order chi connectivity index (χ0) is 10.7. The average Bonchev–Trinajstić information content (AvgIpc) is 2.69. The lowest BCUT2D eigenvalue weighted by Crippen LogP contribution is -2.37. The van der Waals surface area contributed by atoms with Crippen LogP contribution in [0.4, 0.5) is 0 Å². The Morgan fingerprint density at radius 1 is 1.13 bits per heavy atom. The third-order valence-corrected chi connectivity index (χ3v) is 3.17. The SMILES string of the molecule is S=C(S)[N+]1(Cc2ccccc2)C=CC=C1. The minimum atomic E-state index is 0.530. The Bertz CT molecular complexity index is 409. The molecule has 1 nitrogen and oxygen atoms in total. The molecule has 3 heteroatoms. The van der Waals surface area contributed by atoms with E-state index in [1.807, 2.05) is 30.4 Å². The first kappa shape index (κ1) is 10.6. The highest BCUT2D eigenvalue weighted by Crippen LogP contribution is 2.23. The molecule has 1 aliphatic heterocycles. The van der Waals surface area contributed by atoms with E-state index in [0.717, 1.165) is 6.54 Å². The predicted molar refractivity (Wildman–Crippen MR) is 70.3 cm³/mol. The lowest BCUT2D eigenvalue weighted by Gasteiger charge is -2.26. The predicted octanol–water partition coefficient (Wildman–Crippen LogP) is 3.26. The largest absolute Gasteiger partial charge is 0.239 e. The van der Waals surface area contributed by atoms with E-state index in [4.69, 9.17) is 12.2 Å². The van der Waals surface area contributed by atoms with E-state index in [2.05, 4.69) is 37.2 Å². The number of allylic oxidation sites excluding steroid dienone is 2. The van der Waals surface area contributed by atoms with Crippen molar-refractivity contribution in [3.63, 3.8) is 0 Å². The molecule has 0 atom stereocenters. The minimum Gasteiger partial charge on any atom is -0.220 e. The maximum Gasteiger partial charge on any atom is 0.239 e. The Balaban J connectivity index is 2.27. The standard InChI is InChI=1S/C12H11NS2/c14-12(15)13(8-4-5-9-13)10-11-6-2-1-3-7-11/h1-9H,10H2/p+1. The van der Waals surface area contributed by atoms with Gasteiger partial charge in [0.2, 0.25) is 4.32 Å². The van der Waals surface area contributed by atoms with Crippen LogP contribution in [0.2, 0.25) is 0 Å². The van der Waals surface area contributed by atoms with Crippen LogP contribution < -0.4 is 0 Å². The van der Waals surface area contributed by atoms with Gasteiger partial charge >= 0.3 is 0 Å². The fourth-order valence-corrected chi connectivity index (χ4v) is 2.03. The Kier molecular flexibility index (Phi) is 3.05. The summed E-state index contributed by atoms with van der Waals surface area (Å²) < 4.78 is 1.20. The number of thiol groups is 1. The molecule has 0 fully saturated rings. The van der Waals surface area contributed by atoms with Crippen LogP contribution in [0.25, 0.3) is 0 Å². The molecular formula is C12H12NS2+. The third-order valence-electron chi connectivity index (χ3n) is 2.46. The highest BCUT2D eigenvalue weighted by atomic mass is 32.1. The Hall–Kier alpha value is -0.900. The Labute approximate surface area is 101 Å². The summed E-state index contributed by atoms with van der Waals surface area (Å²) in [5, 5.41) is 0. The van der Waals surface area contributed by atoms with Crippen LogP contribution in [0.1, 0.15) is 5.56 Å². The second kappa shape index (κ2) is 4.31. The molecule has 1 aliphatic rings. The monoisotopic (exact) mass is 234 g/mol. The van der Waals surface area contributed by atoms with Crippen LogP contribution in [-0.4, -0.2) is 8.80 Å². The number of rotatable bonds is 2. The van der Waals surface area contributed by atoms with Crippen LogP contribution in [-0.2, 0) is 6.54 Å². The van der Waals surface area contributed by atoms with Crippen LogP contribution in [0.3, 0.4) is 0 Å². The summed E-state index contributed by atoms with van der Waals surface area (Å²) in [6.07, 6.45) is 8.13. The van der Waals surface area contributed by atoms with Crippen molar-refractivity contribution < 1.29 is 4.48 Å². The van der Waals surface area contributed by atoms with Gasteiger partial charge in [-0.15, -0.1) is 0 Å². The van der Waals surface area contributed by atoms with Crippen molar-refractivity contribution >= 4 is 29.2 Å². The van der Waals surface area contributed by atoms with Gasteiger partial charge in [-0.2, -0.15) is 0 Å². The Morgan fingerprint density at radius 3 is 2.27 bits per heavy atom. The van der Waals surface area contributed by atoms with Gasteiger partial charge in [-0.25, -0.2) is 4.48 Å². The van der Waals surface area contributed by atoms with E-state index in [0.29, 0.717) is 8.80 Å². The highest BCUT2D eigenvalue weighted by Gasteiger charge is 2.28. The molecule has 1 heterocycles. The van der Waals surface area contributed by atoms with Gasteiger partial charge in [0.05, 0.1) is 0 Å². The van der Waals surface area contributed by atoms with Gasteiger partial charge in [0.1, 0.15) is 18.9 Å². The van der Waals surface area contributed by atoms with E-state index in [-0.39, 0.29) is 0 Å². The van der Waals surface area contributed by atoms with E-state index < -0.39 is 0 Å². The highest BCUT2D eigenvalue weighted by molar-refractivity contribution is 8.10. The summed E-state index contributed by atoms with van der Waals surface area (Å²) in [7, 11) is 0. The van der Waals surface area contributed by atoms with E-state index in [1.165, 1.54) is 5.56 Å². The molecule has 0 radical (unpaired) electrons. The molecule has 1 aromatic carbocycles. The van der Waals surface area contributed by atoms with Gasteiger partial charge in [-0.05, 0) is 24.4 Å². The summed E-state index contributed by atoms with van der Waals surface area (Å²) >= 11 is 9.51. The van der Waals surface area contributed by atoms with Gasteiger partial charge < -0.3 is 0 Å². The number of hydrogen-bond acceptors (Lipinski definition) is 1. The molecule has 0 N–H and O–H groups in total. The molecule has 1 aromatic rings. The quantitative estimate of drug-likeness (QED) is 0.465.